The number of nitrogens with one attached hydrogen (secondary N) is 1. The Kier molecular flexibility index (Phi) is 4.14. The molecule has 1 unspecified atom stereocenters. The van der Waals surface area contributed by atoms with Gasteiger partial charge in [0.1, 0.15) is 17.5 Å². The zero-order valence-electron chi connectivity index (χ0n) is 15.7. The van der Waals surface area contributed by atoms with Crippen molar-refractivity contribution in [3.63, 3.8) is 0 Å². The maximum absolute atomic E-state index is 4.93. The normalized spacial score (nSPS) is 19.1. The van der Waals surface area contributed by atoms with Crippen LogP contribution in [0.5, 0.6) is 0 Å². The van der Waals surface area contributed by atoms with E-state index in [1.54, 1.807) is 0 Å². The van der Waals surface area contributed by atoms with Gasteiger partial charge in [-0.1, -0.05) is 41.5 Å². The summed E-state index contributed by atoms with van der Waals surface area (Å²) in [6.07, 6.45) is 5.98. The van der Waals surface area contributed by atoms with E-state index in [-0.39, 0.29) is 16.9 Å². The van der Waals surface area contributed by atoms with Gasteiger partial charge >= 0.3 is 0 Å². The third-order valence-electron chi connectivity index (χ3n) is 4.53. The largest absolute Gasteiger partial charge is 0.347 e. The van der Waals surface area contributed by atoms with Crippen LogP contribution in [0.4, 0.5) is 5.82 Å². The number of nitrogens with zero attached hydrogens (tertiary/aromatic N) is 4. The third kappa shape index (κ3) is 3.30. The van der Waals surface area contributed by atoms with Gasteiger partial charge in [-0.3, -0.25) is 0 Å². The number of anilines is 1. The van der Waals surface area contributed by atoms with E-state index in [1.165, 1.54) is 0 Å². The van der Waals surface area contributed by atoms with Crippen molar-refractivity contribution >= 4 is 5.82 Å². The van der Waals surface area contributed by atoms with E-state index in [0.29, 0.717) is 0 Å². The van der Waals surface area contributed by atoms with Gasteiger partial charge in [0.15, 0.2) is 0 Å². The second kappa shape index (κ2) is 5.87. The molecule has 1 aliphatic rings. The van der Waals surface area contributed by atoms with Gasteiger partial charge in [0.25, 0.3) is 0 Å². The predicted molar refractivity (Wildman–Crippen MR) is 97.3 cm³/mol. The van der Waals surface area contributed by atoms with Gasteiger partial charge < -0.3 is 9.88 Å². The van der Waals surface area contributed by atoms with Crippen molar-refractivity contribution < 1.29 is 0 Å². The highest BCUT2D eigenvalue weighted by atomic mass is 15.3. The Morgan fingerprint density at radius 2 is 1.83 bits per heavy atom. The minimum absolute atomic E-state index is 0.00239. The number of hydrogen-bond acceptors (Lipinski definition) is 4. The van der Waals surface area contributed by atoms with Crippen LogP contribution >= 0.6 is 0 Å². The molecule has 2 aromatic heterocycles. The zero-order valence-corrected chi connectivity index (χ0v) is 15.7. The molecule has 0 saturated carbocycles. The SMILES string of the molecule is CC(C)(C)c1cc(N2CCCC2c2ncc[nH]2)nc(C(C)(C)C)n1. The third-order valence-corrected chi connectivity index (χ3v) is 4.53. The minimum Gasteiger partial charge on any atom is -0.347 e. The predicted octanol–water partition coefficient (Wildman–Crippen LogP) is 4.14. The molecule has 0 bridgehead atoms. The van der Waals surface area contributed by atoms with Gasteiger partial charge in [-0.2, -0.15) is 0 Å². The van der Waals surface area contributed by atoms with Crippen LogP contribution in [0, 0.1) is 0 Å². The zero-order chi connectivity index (χ0) is 17.5. The fourth-order valence-electron chi connectivity index (χ4n) is 3.09. The maximum Gasteiger partial charge on any atom is 0.136 e. The van der Waals surface area contributed by atoms with Crippen LogP contribution in [-0.4, -0.2) is 26.5 Å². The second-order valence-electron chi connectivity index (χ2n) is 8.76. The molecule has 0 aromatic carbocycles. The standard InChI is InChI=1S/C19H29N5/c1-18(2,3)14-12-15(23-17(22-14)19(4,5)6)24-11-7-8-13(24)16-20-9-10-21-16/h9-10,12-13H,7-8,11H2,1-6H3,(H,20,21). The average molecular weight is 327 g/mol. The molecule has 5 heteroatoms. The fraction of sp³-hybridized carbons (Fsp3) is 0.632. The molecule has 0 spiro atoms. The lowest BCUT2D eigenvalue weighted by molar-refractivity contribution is 0.511. The lowest BCUT2D eigenvalue weighted by Crippen LogP contribution is -2.28. The highest BCUT2D eigenvalue weighted by molar-refractivity contribution is 5.45. The Labute approximate surface area is 144 Å². The Balaban J connectivity index is 2.06. The van der Waals surface area contributed by atoms with E-state index in [4.69, 9.17) is 9.97 Å². The average Bonchev–Trinajstić information content (AvgIpc) is 3.15. The van der Waals surface area contributed by atoms with Crippen molar-refractivity contribution in [3.8, 4) is 0 Å². The van der Waals surface area contributed by atoms with Crippen molar-refractivity contribution in [3.05, 3.63) is 35.8 Å². The molecule has 1 atom stereocenters. The topological polar surface area (TPSA) is 57.7 Å². The highest BCUT2D eigenvalue weighted by Gasteiger charge is 2.31. The van der Waals surface area contributed by atoms with Crippen LogP contribution < -0.4 is 4.90 Å². The Bertz CT molecular complexity index is 659. The van der Waals surface area contributed by atoms with Crippen molar-refractivity contribution in [2.45, 2.75) is 71.3 Å². The molecular formula is C19H29N5. The summed E-state index contributed by atoms with van der Waals surface area (Å²) < 4.78 is 0. The summed E-state index contributed by atoms with van der Waals surface area (Å²) in [7, 11) is 0. The smallest absolute Gasteiger partial charge is 0.136 e. The molecule has 130 valence electrons. The molecule has 5 nitrogen and oxygen atoms in total. The number of aromatic nitrogens is 4. The van der Waals surface area contributed by atoms with Crippen LogP contribution in [0.2, 0.25) is 0 Å². The first kappa shape index (κ1) is 16.9. The summed E-state index contributed by atoms with van der Waals surface area (Å²) in [4.78, 5) is 19.9. The Morgan fingerprint density at radius 1 is 1.08 bits per heavy atom. The lowest BCUT2D eigenvalue weighted by atomic mass is 9.90. The molecule has 3 rings (SSSR count). The second-order valence-corrected chi connectivity index (χ2v) is 8.76. The number of aromatic amines is 1. The van der Waals surface area contributed by atoms with Gasteiger partial charge in [0.2, 0.25) is 0 Å². The lowest BCUT2D eigenvalue weighted by Gasteiger charge is -2.29. The van der Waals surface area contributed by atoms with E-state index in [0.717, 1.165) is 42.5 Å². The molecule has 1 fully saturated rings. The van der Waals surface area contributed by atoms with Gasteiger partial charge in [0.05, 0.1) is 11.7 Å². The van der Waals surface area contributed by atoms with Crippen molar-refractivity contribution in [1.29, 1.82) is 0 Å². The van der Waals surface area contributed by atoms with E-state index in [1.807, 2.05) is 12.4 Å². The molecule has 2 aromatic rings. The van der Waals surface area contributed by atoms with Crippen LogP contribution in [0.3, 0.4) is 0 Å². The molecule has 1 saturated heterocycles. The van der Waals surface area contributed by atoms with Crippen LogP contribution in [0.1, 0.15) is 77.8 Å². The molecule has 0 radical (unpaired) electrons. The Morgan fingerprint density at radius 3 is 2.42 bits per heavy atom. The van der Waals surface area contributed by atoms with E-state index >= 15 is 0 Å². The monoisotopic (exact) mass is 327 g/mol. The molecular weight excluding hydrogens is 298 g/mol. The van der Waals surface area contributed by atoms with Crippen LogP contribution in [0.25, 0.3) is 0 Å². The maximum atomic E-state index is 4.93. The summed E-state index contributed by atoms with van der Waals surface area (Å²) in [6, 6.07) is 2.44. The quantitative estimate of drug-likeness (QED) is 0.901. The number of rotatable bonds is 2. The molecule has 3 heterocycles. The Hall–Kier alpha value is -1.91. The first-order valence-electron chi connectivity index (χ1n) is 8.82. The summed E-state index contributed by atoms with van der Waals surface area (Å²) >= 11 is 0. The van der Waals surface area contributed by atoms with Gasteiger partial charge in [-0.25, -0.2) is 15.0 Å². The van der Waals surface area contributed by atoms with Crippen molar-refractivity contribution in [2.75, 3.05) is 11.4 Å². The highest BCUT2D eigenvalue weighted by Crippen LogP contribution is 2.36. The molecule has 24 heavy (non-hydrogen) atoms. The molecule has 1 aliphatic heterocycles. The van der Waals surface area contributed by atoms with Crippen molar-refractivity contribution in [2.24, 2.45) is 0 Å². The van der Waals surface area contributed by atoms with E-state index in [2.05, 4.69) is 62.5 Å². The number of hydrogen-bond donors (Lipinski definition) is 1. The molecule has 0 aliphatic carbocycles. The summed E-state index contributed by atoms with van der Waals surface area (Å²) in [6.45, 7) is 14.2. The minimum atomic E-state index is -0.0735. The van der Waals surface area contributed by atoms with Crippen LogP contribution in [0.15, 0.2) is 18.5 Å². The van der Waals surface area contributed by atoms with E-state index in [9.17, 15) is 0 Å². The van der Waals surface area contributed by atoms with Crippen molar-refractivity contribution in [1.82, 2.24) is 19.9 Å². The number of H-pyrrole nitrogens is 1. The van der Waals surface area contributed by atoms with Gasteiger partial charge in [0, 0.05) is 35.8 Å². The van der Waals surface area contributed by atoms with Gasteiger partial charge in [-0.05, 0) is 12.8 Å². The number of imidazole rings is 1. The summed E-state index contributed by atoms with van der Waals surface area (Å²) in [5.41, 5.74) is 1.02. The molecule has 1 N–H and O–H groups in total. The van der Waals surface area contributed by atoms with Crippen LogP contribution in [-0.2, 0) is 10.8 Å². The van der Waals surface area contributed by atoms with E-state index < -0.39 is 0 Å². The van der Waals surface area contributed by atoms with Gasteiger partial charge in [-0.15, -0.1) is 0 Å². The summed E-state index contributed by atoms with van der Waals surface area (Å²) in [5.74, 6) is 2.97. The summed E-state index contributed by atoms with van der Waals surface area (Å²) in [5, 5.41) is 0. The first-order chi connectivity index (χ1) is 11.2. The fourth-order valence-corrected chi connectivity index (χ4v) is 3.09. The first-order valence-corrected chi connectivity index (χ1v) is 8.82. The molecule has 0 amide bonds.